The molecule has 3 saturated heterocycles. The van der Waals surface area contributed by atoms with Gasteiger partial charge in [-0.15, -0.1) is 0 Å². The largest absolute Gasteiger partial charge is 0.459 e. The monoisotopic (exact) mass is 261 g/mol. The Hall–Kier alpha value is -1.39. The molecule has 1 N–H and O–H groups in total. The molecule has 1 aromatic rings. The number of ether oxygens (including phenoxy) is 1. The summed E-state index contributed by atoms with van der Waals surface area (Å²) in [6.45, 7) is 3.04. The zero-order chi connectivity index (χ0) is 13.2. The van der Waals surface area contributed by atoms with Crippen molar-refractivity contribution >= 4 is 5.97 Å². The third-order valence-corrected chi connectivity index (χ3v) is 4.20. The molecule has 19 heavy (non-hydrogen) atoms. The average molecular weight is 261 g/mol. The minimum absolute atomic E-state index is 0.0478. The second-order valence-electron chi connectivity index (χ2n) is 5.43. The number of aliphatic hydroxyl groups excluding tert-OH is 1. The third-order valence-electron chi connectivity index (χ3n) is 4.20. The van der Waals surface area contributed by atoms with Crippen molar-refractivity contribution in [1.82, 2.24) is 4.90 Å². The van der Waals surface area contributed by atoms with E-state index in [1.54, 1.807) is 24.3 Å². The number of carbonyl (C=O) groups excluding carboxylic acids is 1. The molecule has 3 aliphatic heterocycles. The molecule has 1 aromatic carbocycles. The van der Waals surface area contributed by atoms with Gasteiger partial charge in [0.1, 0.15) is 6.10 Å². The van der Waals surface area contributed by atoms with Gasteiger partial charge in [0, 0.05) is 6.54 Å². The van der Waals surface area contributed by atoms with Gasteiger partial charge in [-0.2, -0.15) is 0 Å². The molecule has 0 aliphatic carbocycles. The normalized spacial score (nSPS) is 30.9. The van der Waals surface area contributed by atoms with E-state index < -0.39 is 12.1 Å². The molecule has 2 bridgehead atoms. The topological polar surface area (TPSA) is 49.8 Å². The summed E-state index contributed by atoms with van der Waals surface area (Å²) in [4.78, 5) is 14.3. The predicted octanol–water partition coefficient (Wildman–Crippen LogP) is 1.36. The Bertz CT molecular complexity index is 440. The Morgan fingerprint density at radius 3 is 2.53 bits per heavy atom. The quantitative estimate of drug-likeness (QED) is 0.835. The Kier molecular flexibility index (Phi) is 3.53. The molecule has 102 valence electrons. The number of hydrogen-bond donors (Lipinski definition) is 1. The molecule has 3 heterocycles. The molecule has 4 heteroatoms. The highest BCUT2D eigenvalue weighted by atomic mass is 16.6. The molecule has 0 radical (unpaired) electrons. The van der Waals surface area contributed by atoms with Gasteiger partial charge in [0.05, 0.1) is 0 Å². The number of rotatable bonds is 3. The summed E-state index contributed by atoms with van der Waals surface area (Å²) in [6, 6.07) is 8.94. The molecule has 0 aromatic heterocycles. The molecule has 0 saturated carbocycles. The van der Waals surface area contributed by atoms with Crippen LogP contribution < -0.4 is 0 Å². The maximum atomic E-state index is 12.0. The lowest BCUT2D eigenvalue weighted by atomic mass is 9.86. The van der Waals surface area contributed by atoms with Crippen molar-refractivity contribution in [2.45, 2.75) is 25.0 Å². The van der Waals surface area contributed by atoms with Gasteiger partial charge in [-0.05, 0) is 37.4 Å². The standard InChI is InChI=1S/C15H19NO3/c17-14(12-4-2-1-3-5-12)15(18)19-13-10-16-8-6-11(13)7-9-16/h1-5,11,13-14,17H,6-10H2/t13-,14+/m1/s1. The number of piperidine rings is 3. The van der Waals surface area contributed by atoms with E-state index in [1.807, 2.05) is 6.07 Å². The molecule has 3 fully saturated rings. The number of nitrogens with zero attached hydrogens (tertiary/aromatic N) is 1. The fourth-order valence-corrected chi connectivity index (χ4v) is 3.03. The zero-order valence-corrected chi connectivity index (χ0v) is 10.9. The maximum absolute atomic E-state index is 12.0. The van der Waals surface area contributed by atoms with Crippen molar-refractivity contribution in [3.05, 3.63) is 35.9 Å². The Balaban J connectivity index is 1.62. The first-order valence-electron chi connectivity index (χ1n) is 6.90. The highest BCUT2D eigenvalue weighted by Gasteiger charge is 2.37. The van der Waals surface area contributed by atoms with Crippen molar-refractivity contribution in [3.8, 4) is 0 Å². The van der Waals surface area contributed by atoms with Crippen LogP contribution in [0.25, 0.3) is 0 Å². The summed E-state index contributed by atoms with van der Waals surface area (Å²) in [6.07, 6.45) is 0.976. The van der Waals surface area contributed by atoms with Crippen LogP contribution in [0.4, 0.5) is 0 Å². The van der Waals surface area contributed by atoms with Gasteiger partial charge in [0.25, 0.3) is 0 Å². The Morgan fingerprint density at radius 2 is 1.95 bits per heavy atom. The predicted molar refractivity (Wildman–Crippen MR) is 70.4 cm³/mol. The highest BCUT2D eigenvalue weighted by Crippen LogP contribution is 2.30. The van der Waals surface area contributed by atoms with E-state index in [2.05, 4.69) is 4.90 Å². The lowest BCUT2D eigenvalue weighted by Gasteiger charge is -2.44. The molecule has 4 rings (SSSR count). The summed E-state index contributed by atoms with van der Waals surface area (Å²) < 4.78 is 5.51. The summed E-state index contributed by atoms with van der Waals surface area (Å²) in [5, 5.41) is 10.0. The molecule has 0 spiro atoms. The smallest absolute Gasteiger partial charge is 0.339 e. The van der Waals surface area contributed by atoms with Crippen LogP contribution in [0.1, 0.15) is 24.5 Å². The van der Waals surface area contributed by atoms with Gasteiger partial charge < -0.3 is 9.84 Å². The SMILES string of the molecule is O=C(O[C@@H]1CN2CCC1CC2)[C@@H](O)c1ccccc1. The minimum atomic E-state index is -1.17. The number of hydrogen-bond acceptors (Lipinski definition) is 4. The number of aliphatic hydroxyl groups is 1. The zero-order valence-electron chi connectivity index (χ0n) is 10.9. The van der Waals surface area contributed by atoms with Gasteiger partial charge in [0.2, 0.25) is 0 Å². The number of esters is 1. The van der Waals surface area contributed by atoms with E-state index in [1.165, 1.54) is 0 Å². The molecule has 0 unspecified atom stereocenters. The van der Waals surface area contributed by atoms with E-state index in [9.17, 15) is 9.90 Å². The first kappa shape index (κ1) is 12.6. The second-order valence-corrected chi connectivity index (χ2v) is 5.43. The van der Waals surface area contributed by atoms with Gasteiger partial charge in [0.15, 0.2) is 6.10 Å². The van der Waals surface area contributed by atoms with Crippen LogP contribution in [0, 0.1) is 5.92 Å². The molecular formula is C15H19NO3. The highest BCUT2D eigenvalue weighted by molar-refractivity contribution is 5.76. The van der Waals surface area contributed by atoms with E-state index in [0.29, 0.717) is 11.5 Å². The number of benzene rings is 1. The second kappa shape index (κ2) is 5.31. The minimum Gasteiger partial charge on any atom is -0.459 e. The van der Waals surface area contributed by atoms with Crippen LogP contribution in [-0.4, -0.2) is 41.7 Å². The first-order chi connectivity index (χ1) is 9.24. The summed E-state index contributed by atoms with van der Waals surface area (Å²) in [5.41, 5.74) is 0.591. The van der Waals surface area contributed by atoms with Crippen LogP contribution in [0.5, 0.6) is 0 Å². The van der Waals surface area contributed by atoms with Gasteiger partial charge in [-0.25, -0.2) is 4.79 Å². The van der Waals surface area contributed by atoms with Crippen LogP contribution in [0.3, 0.4) is 0 Å². The lowest BCUT2D eigenvalue weighted by Crippen LogP contribution is -2.52. The van der Waals surface area contributed by atoms with Gasteiger partial charge in [-0.3, -0.25) is 4.90 Å². The lowest BCUT2D eigenvalue weighted by molar-refractivity contribution is -0.169. The van der Waals surface area contributed by atoms with E-state index in [0.717, 1.165) is 32.5 Å². The summed E-state index contributed by atoms with van der Waals surface area (Å²) >= 11 is 0. The van der Waals surface area contributed by atoms with E-state index >= 15 is 0 Å². The third kappa shape index (κ3) is 2.65. The van der Waals surface area contributed by atoms with Crippen LogP contribution in [0.2, 0.25) is 0 Å². The van der Waals surface area contributed by atoms with Crippen molar-refractivity contribution < 1.29 is 14.6 Å². The van der Waals surface area contributed by atoms with Gasteiger partial charge >= 0.3 is 5.97 Å². The van der Waals surface area contributed by atoms with Crippen LogP contribution >= 0.6 is 0 Å². The first-order valence-corrected chi connectivity index (χ1v) is 6.90. The Morgan fingerprint density at radius 1 is 1.26 bits per heavy atom. The molecule has 3 aliphatic rings. The molecular weight excluding hydrogens is 242 g/mol. The average Bonchev–Trinajstić information content (AvgIpc) is 2.48. The molecule has 0 amide bonds. The van der Waals surface area contributed by atoms with Crippen molar-refractivity contribution in [3.63, 3.8) is 0 Å². The van der Waals surface area contributed by atoms with Crippen LogP contribution in [-0.2, 0) is 9.53 Å². The number of fused-ring (bicyclic) bond motifs is 3. The number of carbonyl (C=O) groups is 1. The van der Waals surface area contributed by atoms with E-state index in [-0.39, 0.29) is 6.10 Å². The van der Waals surface area contributed by atoms with E-state index in [4.69, 9.17) is 4.74 Å². The molecule has 4 nitrogen and oxygen atoms in total. The maximum Gasteiger partial charge on any atom is 0.339 e. The fraction of sp³-hybridized carbons (Fsp3) is 0.533. The summed E-state index contributed by atoms with van der Waals surface area (Å²) in [7, 11) is 0. The van der Waals surface area contributed by atoms with Gasteiger partial charge in [-0.1, -0.05) is 30.3 Å². The van der Waals surface area contributed by atoms with Crippen molar-refractivity contribution in [2.75, 3.05) is 19.6 Å². The van der Waals surface area contributed by atoms with Crippen molar-refractivity contribution in [1.29, 1.82) is 0 Å². The Labute approximate surface area is 113 Å². The molecule has 2 atom stereocenters. The van der Waals surface area contributed by atoms with Crippen LogP contribution in [0.15, 0.2) is 30.3 Å². The fourth-order valence-electron chi connectivity index (χ4n) is 3.03. The summed E-state index contributed by atoms with van der Waals surface area (Å²) in [5.74, 6) is -0.0538. The van der Waals surface area contributed by atoms with Crippen molar-refractivity contribution in [2.24, 2.45) is 5.92 Å².